The first-order valence-corrected chi connectivity index (χ1v) is 2.47. The predicted molar refractivity (Wildman–Crippen MR) is 25.6 cm³/mol. The maximum absolute atomic E-state index is 10.5. The highest BCUT2D eigenvalue weighted by Gasteiger charge is 2.26. The van der Waals surface area contributed by atoms with Crippen molar-refractivity contribution >= 4 is 11.8 Å². The van der Waals surface area contributed by atoms with Crippen molar-refractivity contribution in [3.8, 4) is 0 Å². The van der Waals surface area contributed by atoms with Gasteiger partial charge in [-0.25, -0.2) is 9.59 Å². The Morgan fingerprint density at radius 2 is 1.62 bits per heavy atom. The van der Waals surface area contributed by atoms with Crippen LogP contribution in [0.2, 0.25) is 0 Å². The molecule has 44 valence electrons. The molecule has 0 bridgehead atoms. The Morgan fingerprint density at radius 1 is 1.25 bits per heavy atom. The zero-order chi connectivity index (χ0) is 6.15. The zero-order valence-corrected chi connectivity index (χ0v) is 4.44. The van der Waals surface area contributed by atoms with Crippen molar-refractivity contribution in [1.82, 2.24) is 0 Å². The third-order valence-corrected chi connectivity index (χ3v) is 1.25. The summed E-state index contributed by atoms with van der Waals surface area (Å²) in [5.74, 6) is -0.176. The molecule has 1 heterocycles. The summed E-state index contributed by atoms with van der Waals surface area (Å²) in [5.41, 5.74) is 0. The second kappa shape index (κ2) is 1.67. The minimum absolute atomic E-state index is 0.0880. The zero-order valence-electron chi connectivity index (χ0n) is 4.44. The second-order valence-electron chi connectivity index (χ2n) is 1.82. The summed E-state index contributed by atoms with van der Waals surface area (Å²) < 4.78 is 0. The van der Waals surface area contributed by atoms with Gasteiger partial charge in [-0.2, -0.15) is 0 Å². The molecule has 0 aliphatic carbocycles. The van der Waals surface area contributed by atoms with Crippen molar-refractivity contribution in [3.63, 3.8) is 0 Å². The number of amides is 2. The van der Waals surface area contributed by atoms with E-state index in [1.807, 2.05) is 0 Å². The van der Waals surface area contributed by atoms with Crippen molar-refractivity contribution < 1.29 is 14.5 Å². The van der Waals surface area contributed by atoms with E-state index in [1.165, 1.54) is 0 Å². The monoisotopic (exact) mass is 113 g/mol. The van der Waals surface area contributed by atoms with Crippen LogP contribution in [0.4, 0.5) is 0 Å². The summed E-state index contributed by atoms with van der Waals surface area (Å²) in [4.78, 5) is 21.1. The smallest absolute Gasteiger partial charge is 0.293 e. The van der Waals surface area contributed by atoms with Crippen LogP contribution < -0.4 is 4.90 Å². The van der Waals surface area contributed by atoms with Crippen LogP contribution in [0, 0.1) is 7.05 Å². The molecule has 3 heteroatoms. The molecule has 8 heavy (non-hydrogen) atoms. The third-order valence-electron chi connectivity index (χ3n) is 1.25. The van der Waals surface area contributed by atoms with Crippen LogP contribution in [-0.4, -0.2) is 11.8 Å². The number of nitrogens with one attached hydrogen (secondary N) is 1. The fraction of sp³-hybridized carbons (Fsp3) is 0.400. The molecule has 0 unspecified atom stereocenters. The molecule has 0 spiro atoms. The molecule has 0 radical (unpaired) electrons. The van der Waals surface area contributed by atoms with Crippen LogP contribution in [0.3, 0.4) is 0 Å². The summed E-state index contributed by atoms with van der Waals surface area (Å²) in [6.45, 7) is 0. The molecule has 0 aromatic carbocycles. The molecule has 1 aliphatic rings. The molecule has 2 amide bonds. The topological polar surface area (TPSA) is 38.6 Å². The third kappa shape index (κ3) is 0.648. The van der Waals surface area contributed by atoms with Gasteiger partial charge in [-0.1, -0.05) is 0 Å². The van der Waals surface area contributed by atoms with E-state index < -0.39 is 0 Å². The van der Waals surface area contributed by atoms with Gasteiger partial charge in [0.05, 0.1) is 12.8 Å². The Balaban J connectivity index is 2.70. The first-order chi connectivity index (χ1) is 3.72. The van der Waals surface area contributed by atoms with E-state index in [0.29, 0.717) is 12.8 Å². The van der Waals surface area contributed by atoms with Gasteiger partial charge >= 0.3 is 0 Å². The number of likely N-dealkylation sites (tertiary alicyclic amines) is 1. The molecule has 1 rings (SSSR count). The van der Waals surface area contributed by atoms with Crippen molar-refractivity contribution in [1.29, 1.82) is 0 Å². The minimum atomic E-state index is -0.0880. The van der Waals surface area contributed by atoms with Crippen LogP contribution in [0.1, 0.15) is 12.8 Å². The average Bonchev–Trinajstić information content (AvgIpc) is 1.98. The highest BCUT2D eigenvalue weighted by Crippen LogP contribution is 1.90. The van der Waals surface area contributed by atoms with Gasteiger partial charge in [-0.15, -0.1) is 7.05 Å². The number of hydrogen-bond acceptors (Lipinski definition) is 2. The largest absolute Gasteiger partial charge is 0.341 e. The van der Waals surface area contributed by atoms with Crippen molar-refractivity contribution in [2.45, 2.75) is 12.8 Å². The standard InChI is InChI=1S/C5H7NO2/c1-6-4(7)2-3-5(6)8/h6H,1-3H2. The minimum Gasteiger partial charge on any atom is -0.341 e. The van der Waals surface area contributed by atoms with Gasteiger partial charge in [0.1, 0.15) is 0 Å². The Morgan fingerprint density at radius 3 is 1.75 bits per heavy atom. The van der Waals surface area contributed by atoms with Crippen LogP contribution in [0.25, 0.3) is 0 Å². The number of carbonyl (C=O) groups excluding carboxylic acids is 2. The van der Waals surface area contributed by atoms with Gasteiger partial charge in [-0.3, -0.25) is 0 Å². The molecular weight excluding hydrogens is 106 g/mol. The molecule has 0 aromatic rings. The summed E-state index contributed by atoms with van der Waals surface area (Å²) in [6.07, 6.45) is 0.745. The van der Waals surface area contributed by atoms with Gasteiger partial charge < -0.3 is 4.90 Å². The number of carbonyl (C=O) groups is 2. The van der Waals surface area contributed by atoms with Crippen LogP contribution in [0.15, 0.2) is 0 Å². The van der Waals surface area contributed by atoms with Crippen molar-refractivity contribution in [2.24, 2.45) is 0 Å². The Hall–Kier alpha value is -0.700. The molecule has 0 saturated carbocycles. The lowest BCUT2D eigenvalue weighted by molar-refractivity contribution is -0.679. The fourth-order valence-corrected chi connectivity index (χ4v) is 0.684. The van der Waals surface area contributed by atoms with Crippen molar-refractivity contribution in [2.75, 3.05) is 0 Å². The lowest BCUT2D eigenvalue weighted by atomic mass is 10.4. The fourth-order valence-electron chi connectivity index (χ4n) is 0.684. The summed E-state index contributed by atoms with van der Waals surface area (Å²) in [6, 6.07) is 0. The first-order valence-electron chi connectivity index (χ1n) is 2.47. The second-order valence-corrected chi connectivity index (χ2v) is 1.82. The number of quaternary nitrogens is 1. The number of rotatable bonds is 0. The van der Waals surface area contributed by atoms with E-state index in [4.69, 9.17) is 0 Å². The highest BCUT2D eigenvalue weighted by molar-refractivity contribution is 5.88. The van der Waals surface area contributed by atoms with Gasteiger partial charge in [-0.05, 0) is 0 Å². The summed E-state index contributed by atoms with van der Waals surface area (Å²) >= 11 is 0. The molecule has 0 atom stereocenters. The Bertz CT molecular complexity index is 125. The summed E-state index contributed by atoms with van der Waals surface area (Å²) in [5, 5.41) is 0. The van der Waals surface area contributed by atoms with Crippen LogP contribution in [-0.2, 0) is 9.59 Å². The van der Waals surface area contributed by atoms with Gasteiger partial charge in [0, 0.05) is 0 Å². The molecule has 1 N–H and O–H groups in total. The number of hydrogen-bond donors (Lipinski definition) is 1. The molecule has 0 aromatic heterocycles. The lowest BCUT2D eigenvalue weighted by Gasteiger charge is -2.03. The quantitative estimate of drug-likeness (QED) is 0.307. The van der Waals surface area contributed by atoms with Crippen LogP contribution >= 0.6 is 0 Å². The molecule has 1 saturated heterocycles. The van der Waals surface area contributed by atoms with Gasteiger partial charge in [0.2, 0.25) is 0 Å². The van der Waals surface area contributed by atoms with Crippen LogP contribution in [0.5, 0.6) is 0 Å². The van der Waals surface area contributed by atoms with Crippen molar-refractivity contribution in [3.05, 3.63) is 7.05 Å². The van der Waals surface area contributed by atoms with E-state index in [2.05, 4.69) is 7.05 Å². The Kier molecular flexibility index (Phi) is 1.13. The maximum atomic E-state index is 10.5. The molecule has 1 fully saturated rings. The van der Waals surface area contributed by atoms with E-state index >= 15 is 0 Å². The average molecular weight is 113 g/mol. The summed E-state index contributed by atoms with van der Waals surface area (Å²) in [7, 11) is 3.32. The molecule has 3 nitrogen and oxygen atoms in total. The SMILES string of the molecule is [CH2-][NH+]1C(=O)CCC1=O. The lowest BCUT2D eigenvalue weighted by Crippen LogP contribution is -3.09. The Labute approximate surface area is 47.3 Å². The maximum Gasteiger partial charge on any atom is 0.293 e. The van der Waals surface area contributed by atoms with E-state index in [1.54, 1.807) is 0 Å². The normalized spacial score (nSPS) is 22.6. The predicted octanol–water partition coefficient (Wildman–Crippen LogP) is -1.49. The van der Waals surface area contributed by atoms with E-state index in [-0.39, 0.29) is 16.7 Å². The first kappa shape index (κ1) is 5.44. The molecular formula is C5H7NO2. The van der Waals surface area contributed by atoms with E-state index in [0.717, 1.165) is 0 Å². The molecule has 1 aliphatic heterocycles. The van der Waals surface area contributed by atoms with Gasteiger partial charge in [0.25, 0.3) is 11.8 Å². The number of imide groups is 1. The van der Waals surface area contributed by atoms with E-state index in [9.17, 15) is 9.59 Å². The highest BCUT2D eigenvalue weighted by atomic mass is 16.2. The van der Waals surface area contributed by atoms with Gasteiger partial charge in [0.15, 0.2) is 0 Å².